The van der Waals surface area contributed by atoms with E-state index in [1.54, 1.807) is 24.4 Å². The first-order valence-corrected chi connectivity index (χ1v) is 13.8. The molecule has 5 aromatic rings. The molecule has 0 atom stereocenters. The maximum Gasteiger partial charge on any atom is 0.246 e. The van der Waals surface area contributed by atoms with Crippen molar-refractivity contribution in [3.63, 3.8) is 0 Å². The van der Waals surface area contributed by atoms with Gasteiger partial charge in [-0.2, -0.15) is 4.31 Å². The Morgan fingerprint density at radius 3 is 2.51 bits per heavy atom. The molecular weight excluding hydrogens is 518 g/mol. The number of rotatable bonds is 5. The van der Waals surface area contributed by atoms with Crippen molar-refractivity contribution in [3.8, 4) is 22.6 Å². The third-order valence-corrected chi connectivity index (χ3v) is 8.91. The van der Waals surface area contributed by atoms with Crippen LogP contribution in [0.3, 0.4) is 0 Å². The molecule has 1 fully saturated rings. The second-order valence-corrected chi connectivity index (χ2v) is 11.2. The third kappa shape index (κ3) is 4.26. The molecule has 4 heterocycles. The maximum atomic E-state index is 14.2. The maximum absolute atomic E-state index is 14.2. The van der Waals surface area contributed by atoms with E-state index >= 15 is 0 Å². The monoisotopic (exact) mass is 538 g/mol. The van der Waals surface area contributed by atoms with Crippen molar-refractivity contribution in [1.82, 2.24) is 23.7 Å². The minimum Gasteiger partial charge on any atom is -0.338 e. The van der Waals surface area contributed by atoms with E-state index in [0.29, 0.717) is 41.7 Å². The molecule has 0 N–H and O–H groups in total. The average Bonchev–Trinajstić information content (AvgIpc) is 3.51. The highest BCUT2D eigenvalue weighted by molar-refractivity contribution is 7.89. The van der Waals surface area contributed by atoms with E-state index in [1.165, 1.54) is 46.0 Å². The Morgan fingerprint density at radius 2 is 1.73 bits per heavy atom. The van der Waals surface area contributed by atoms with Gasteiger partial charge in [-0.15, -0.1) is 11.3 Å². The summed E-state index contributed by atoms with van der Waals surface area (Å²) < 4.78 is 57.3. The number of sulfonamides is 1. The lowest BCUT2D eigenvalue weighted by molar-refractivity contribution is 0.380. The quantitative estimate of drug-likeness (QED) is 0.332. The van der Waals surface area contributed by atoms with Crippen LogP contribution >= 0.6 is 11.3 Å². The van der Waals surface area contributed by atoms with Crippen LogP contribution in [-0.2, 0) is 10.0 Å². The average molecular weight is 539 g/mol. The molecule has 37 heavy (non-hydrogen) atoms. The summed E-state index contributed by atoms with van der Waals surface area (Å²) in [7, 11) is -3.95. The van der Waals surface area contributed by atoms with E-state index in [4.69, 9.17) is 9.97 Å². The number of fused-ring (bicyclic) bond motifs is 1. The lowest BCUT2D eigenvalue weighted by Gasteiger charge is -2.34. The predicted octanol–water partition coefficient (Wildman–Crippen LogP) is 4.31. The fourth-order valence-corrected chi connectivity index (χ4v) is 6.62. The number of nitrogens with zero attached hydrogens (tertiary/aromatic N) is 6. The SMILES string of the molecule is O=S(=O)(c1ccccc1F)N1CCN(c2nccc(-c3c(-c4cccc(F)c4)nc4sccn34)n2)CC1. The molecule has 2 aromatic carbocycles. The number of anilines is 1. The van der Waals surface area contributed by atoms with Crippen molar-refractivity contribution in [2.75, 3.05) is 31.1 Å². The van der Waals surface area contributed by atoms with Crippen molar-refractivity contribution in [3.05, 3.63) is 84.0 Å². The van der Waals surface area contributed by atoms with E-state index < -0.39 is 15.8 Å². The van der Waals surface area contributed by atoms with Gasteiger partial charge in [0.15, 0.2) is 4.96 Å². The van der Waals surface area contributed by atoms with Crippen molar-refractivity contribution >= 4 is 32.3 Å². The molecule has 0 amide bonds. The topological polar surface area (TPSA) is 83.7 Å². The predicted molar refractivity (Wildman–Crippen MR) is 137 cm³/mol. The Morgan fingerprint density at radius 1 is 0.919 bits per heavy atom. The molecule has 6 rings (SSSR count). The minimum absolute atomic E-state index is 0.167. The van der Waals surface area contributed by atoms with Crippen LogP contribution in [0.4, 0.5) is 14.7 Å². The molecule has 1 aliphatic rings. The summed E-state index contributed by atoms with van der Waals surface area (Å²) in [5.74, 6) is -0.683. The largest absolute Gasteiger partial charge is 0.338 e. The number of benzene rings is 2. The molecule has 0 saturated carbocycles. The fraction of sp³-hybridized carbons (Fsp3) is 0.160. The van der Waals surface area contributed by atoms with E-state index in [1.807, 2.05) is 20.9 Å². The van der Waals surface area contributed by atoms with Crippen LogP contribution < -0.4 is 4.90 Å². The highest BCUT2D eigenvalue weighted by atomic mass is 32.2. The molecule has 188 valence electrons. The Bertz CT molecular complexity index is 1710. The molecule has 0 bridgehead atoms. The smallest absolute Gasteiger partial charge is 0.246 e. The highest BCUT2D eigenvalue weighted by Gasteiger charge is 2.31. The first-order valence-electron chi connectivity index (χ1n) is 11.5. The number of aromatic nitrogens is 4. The first-order chi connectivity index (χ1) is 17.9. The Labute approximate surface area is 215 Å². The number of hydrogen-bond acceptors (Lipinski definition) is 7. The zero-order chi connectivity index (χ0) is 25.6. The number of piperazine rings is 1. The summed E-state index contributed by atoms with van der Waals surface area (Å²) >= 11 is 1.46. The van der Waals surface area contributed by atoms with Crippen LogP contribution in [0.5, 0.6) is 0 Å². The second-order valence-electron chi connectivity index (χ2n) is 8.44. The molecule has 0 unspecified atom stereocenters. The van der Waals surface area contributed by atoms with Gasteiger partial charge in [0.25, 0.3) is 0 Å². The molecule has 1 aliphatic heterocycles. The first kappa shape index (κ1) is 23.6. The Balaban J connectivity index is 1.29. The van der Waals surface area contributed by atoms with Crippen LogP contribution in [0.25, 0.3) is 27.6 Å². The van der Waals surface area contributed by atoms with Gasteiger partial charge < -0.3 is 4.90 Å². The molecule has 0 radical (unpaired) electrons. The Hall–Kier alpha value is -3.74. The van der Waals surface area contributed by atoms with Crippen LogP contribution in [0, 0.1) is 11.6 Å². The highest BCUT2D eigenvalue weighted by Crippen LogP contribution is 2.34. The summed E-state index contributed by atoms with van der Waals surface area (Å²) in [5, 5.41) is 1.92. The number of thiazole rings is 1. The van der Waals surface area contributed by atoms with Crippen molar-refractivity contribution in [2.45, 2.75) is 4.90 Å². The molecule has 3 aromatic heterocycles. The number of imidazole rings is 1. The fourth-order valence-electron chi connectivity index (χ4n) is 4.42. The zero-order valence-electron chi connectivity index (χ0n) is 19.3. The van der Waals surface area contributed by atoms with E-state index in [2.05, 4.69) is 4.98 Å². The second kappa shape index (κ2) is 9.29. The van der Waals surface area contributed by atoms with Gasteiger partial charge in [0, 0.05) is 49.5 Å². The van der Waals surface area contributed by atoms with Gasteiger partial charge in [-0.3, -0.25) is 4.40 Å². The van der Waals surface area contributed by atoms with Crippen molar-refractivity contribution in [1.29, 1.82) is 0 Å². The van der Waals surface area contributed by atoms with Crippen LogP contribution in [-0.4, -0.2) is 58.3 Å². The molecule has 8 nitrogen and oxygen atoms in total. The summed E-state index contributed by atoms with van der Waals surface area (Å²) in [5.41, 5.74) is 2.57. The van der Waals surface area contributed by atoms with Gasteiger partial charge in [-0.25, -0.2) is 32.2 Å². The lowest BCUT2D eigenvalue weighted by atomic mass is 10.1. The van der Waals surface area contributed by atoms with Gasteiger partial charge in [0.05, 0.1) is 11.4 Å². The molecule has 0 spiro atoms. The summed E-state index contributed by atoms with van der Waals surface area (Å²) in [6.07, 6.45) is 3.53. The summed E-state index contributed by atoms with van der Waals surface area (Å²) in [4.78, 5) is 16.2. The molecule has 0 aliphatic carbocycles. The van der Waals surface area contributed by atoms with Crippen LogP contribution in [0.15, 0.2) is 77.3 Å². The summed E-state index contributed by atoms with van der Waals surface area (Å²) in [6.45, 7) is 1.02. The van der Waals surface area contributed by atoms with Crippen molar-refractivity contribution in [2.24, 2.45) is 0 Å². The van der Waals surface area contributed by atoms with E-state index in [0.717, 1.165) is 11.0 Å². The number of halogens is 2. The van der Waals surface area contributed by atoms with Gasteiger partial charge in [-0.1, -0.05) is 24.3 Å². The Kier molecular flexibility index (Phi) is 5.94. The van der Waals surface area contributed by atoms with Crippen LogP contribution in [0.2, 0.25) is 0 Å². The van der Waals surface area contributed by atoms with Gasteiger partial charge in [0.1, 0.15) is 22.2 Å². The van der Waals surface area contributed by atoms with Crippen LogP contribution in [0.1, 0.15) is 0 Å². The minimum atomic E-state index is -3.95. The zero-order valence-corrected chi connectivity index (χ0v) is 21.0. The molecule has 12 heteroatoms. The number of hydrogen-bond donors (Lipinski definition) is 0. The van der Waals surface area contributed by atoms with Gasteiger partial charge >= 0.3 is 0 Å². The van der Waals surface area contributed by atoms with E-state index in [9.17, 15) is 17.2 Å². The van der Waals surface area contributed by atoms with Gasteiger partial charge in [0.2, 0.25) is 16.0 Å². The van der Waals surface area contributed by atoms with Crippen molar-refractivity contribution < 1.29 is 17.2 Å². The normalized spacial score (nSPS) is 14.9. The summed E-state index contributed by atoms with van der Waals surface area (Å²) in [6, 6.07) is 13.4. The van der Waals surface area contributed by atoms with Gasteiger partial charge in [-0.05, 0) is 30.3 Å². The van der Waals surface area contributed by atoms with E-state index in [-0.39, 0.29) is 23.8 Å². The third-order valence-electron chi connectivity index (χ3n) is 6.22. The molecular formula is C25H20F2N6O2S2. The lowest BCUT2D eigenvalue weighted by Crippen LogP contribution is -2.49. The standard InChI is InChI=1S/C25H20F2N6O2S2/c26-18-5-3-4-17(16-18)22-23(33-14-15-36-25(33)30-22)20-8-9-28-24(29-20)31-10-12-32(13-11-31)37(34,35)21-7-2-1-6-19(21)27/h1-9,14-16H,10-13H2. The molecule has 1 saturated heterocycles.